The van der Waals surface area contributed by atoms with E-state index in [1.165, 1.54) is 4.52 Å². The second-order valence-electron chi connectivity index (χ2n) is 4.05. The lowest BCUT2D eigenvalue weighted by atomic mass is 10.2. The van der Waals surface area contributed by atoms with Crippen LogP contribution < -0.4 is 16.6 Å². The average molecular weight is 265 g/mol. The van der Waals surface area contributed by atoms with E-state index in [1.54, 1.807) is 12.4 Å². The van der Waals surface area contributed by atoms with Gasteiger partial charge in [-0.15, -0.1) is 0 Å². The minimum atomic E-state index is -0.476. The number of aromatic nitrogens is 3. The van der Waals surface area contributed by atoms with Gasteiger partial charge >= 0.3 is 0 Å². The molecule has 0 aliphatic heterocycles. The molecule has 1 amide bonds. The van der Waals surface area contributed by atoms with Crippen LogP contribution in [0.3, 0.4) is 0 Å². The van der Waals surface area contributed by atoms with Crippen LogP contribution in [0.25, 0.3) is 5.65 Å². The number of hydrogen-bond donors (Lipinski definition) is 3. The Labute approximate surface area is 108 Å². The SMILES string of the molecule is CCC(CON)NC(=O)c1c(=O)cnn2cc[nH]c12. The lowest BCUT2D eigenvalue weighted by Crippen LogP contribution is -2.40. The Bertz CT molecular complexity index is 633. The molecule has 0 spiro atoms. The quantitative estimate of drug-likeness (QED) is 0.626. The van der Waals surface area contributed by atoms with Crippen molar-refractivity contribution in [3.8, 4) is 0 Å². The summed E-state index contributed by atoms with van der Waals surface area (Å²) < 4.78 is 1.43. The van der Waals surface area contributed by atoms with Crippen molar-refractivity contribution in [3.05, 3.63) is 34.4 Å². The van der Waals surface area contributed by atoms with Gasteiger partial charge in [0.05, 0.1) is 18.8 Å². The third-order valence-corrected chi connectivity index (χ3v) is 2.80. The van der Waals surface area contributed by atoms with Crippen LogP contribution in [0.15, 0.2) is 23.4 Å². The Balaban J connectivity index is 2.33. The first-order valence-electron chi connectivity index (χ1n) is 5.85. The fourth-order valence-electron chi connectivity index (χ4n) is 1.76. The number of aromatic amines is 1. The third-order valence-electron chi connectivity index (χ3n) is 2.80. The van der Waals surface area contributed by atoms with Crippen molar-refractivity contribution >= 4 is 11.6 Å². The zero-order valence-corrected chi connectivity index (χ0v) is 10.4. The average Bonchev–Trinajstić information content (AvgIpc) is 2.85. The van der Waals surface area contributed by atoms with Gasteiger partial charge in [-0.25, -0.2) is 10.4 Å². The third kappa shape index (κ3) is 2.64. The maximum atomic E-state index is 12.2. The molecule has 0 aromatic carbocycles. The van der Waals surface area contributed by atoms with E-state index >= 15 is 0 Å². The van der Waals surface area contributed by atoms with Gasteiger partial charge in [-0.05, 0) is 6.42 Å². The van der Waals surface area contributed by atoms with Crippen LogP contribution in [0.1, 0.15) is 23.7 Å². The molecule has 4 N–H and O–H groups in total. The molecule has 0 bridgehead atoms. The van der Waals surface area contributed by atoms with Gasteiger partial charge in [0.25, 0.3) is 5.91 Å². The van der Waals surface area contributed by atoms with E-state index in [9.17, 15) is 9.59 Å². The summed E-state index contributed by atoms with van der Waals surface area (Å²) in [5.41, 5.74) is -0.0625. The Hall–Kier alpha value is -2.19. The topological polar surface area (TPSA) is 115 Å². The summed E-state index contributed by atoms with van der Waals surface area (Å²) in [7, 11) is 0. The molecule has 19 heavy (non-hydrogen) atoms. The van der Waals surface area contributed by atoms with Gasteiger partial charge in [0.2, 0.25) is 5.43 Å². The Kier molecular flexibility index (Phi) is 3.93. The van der Waals surface area contributed by atoms with Crippen LogP contribution in [0.5, 0.6) is 0 Å². The Morgan fingerprint density at radius 2 is 2.47 bits per heavy atom. The van der Waals surface area contributed by atoms with Crippen LogP contribution in [-0.2, 0) is 4.84 Å². The summed E-state index contributed by atoms with van der Waals surface area (Å²) in [4.78, 5) is 31.3. The van der Waals surface area contributed by atoms with Crippen molar-refractivity contribution in [2.75, 3.05) is 6.61 Å². The van der Waals surface area contributed by atoms with Gasteiger partial charge in [-0.2, -0.15) is 5.10 Å². The lowest BCUT2D eigenvalue weighted by Gasteiger charge is -2.15. The van der Waals surface area contributed by atoms with Crippen LogP contribution in [0.2, 0.25) is 0 Å². The number of amides is 1. The fraction of sp³-hybridized carbons (Fsp3) is 0.364. The van der Waals surface area contributed by atoms with E-state index in [4.69, 9.17) is 5.90 Å². The molecule has 0 aliphatic carbocycles. The van der Waals surface area contributed by atoms with Crippen LogP contribution >= 0.6 is 0 Å². The number of carbonyl (C=O) groups excluding carboxylic acids is 1. The molecule has 102 valence electrons. The standard InChI is InChI=1S/C11H15N5O3/c1-2-7(6-19-12)15-11(18)9-8(17)5-14-16-4-3-13-10(9)16/h3-5,7,13H,2,6,12H2,1H3,(H,15,18). The van der Waals surface area contributed by atoms with Crippen molar-refractivity contribution in [1.82, 2.24) is 19.9 Å². The smallest absolute Gasteiger partial charge is 0.259 e. The molecular formula is C11H15N5O3. The zero-order valence-electron chi connectivity index (χ0n) is 10.4. The number of hydrogen-bond acceptors (Lipinski definition) is 5. The molecule has 2 aromatic heterocycles. The molecule has 2 aromatic rings. The number of H-pyrrole nitrogens is 1. The van der Waals surface area contributed by atoms with Crippen LogP contribution in [-0.4, -0.2) is 33.2 Å². The molecular weight excluding hydrogens is 250 g/mol. The molecule has 0 aliphatic rings. The van der Waals surface area contributed by atoms with E-state index in [1.807, 2.05) is 6.92 Å². The normalized spacial score (nSPS) is 12.5. The minimum absolute atomic E-state index is 0.0236. The van der Waals surface area contributed by atoms with E-state index in [2.05, 4.69) is 20.2 Å². The molecule has 0 radical (unpaired) electrons. The molecule has 8 nitrogen and oxygen atoms in total. The van der Waals surface area contributed by atoms with Crippen molar-refractivity contribution in [2.24, 2.45) is 5.90 Å². The van der Waals surface area contributed by atoms with Gasteiger partial charge < -0.3 is 15.1 Å². The van der Waals surface area contributed by atoms with Gasteiger partial charge in [-0.1, -0.05) is 6.92 Å². The maximum absolute atomic E-state index is 12.2. The Morgan fingerprint density at radius 3 is 3.16 bits per heavy atom. The highest BCUT2D eigenvalue weighted by Crippen LogP contribution is 2.03. The monoisotopic (exact) mass is 265 g/mol. The number of imidazole rings is 1. The Morgan fingerprint density at radius 1 is 1.68 bits per heavy atom. The number of fused-ring (bicyclic) bond motifs is 1. The van der Waals surface area contributed by atoms with E-state index in [0.29, 0.717) is 12.1 Å². The predicted octanol–water partition coefficient (Wildman–Crippen LogP) is -0.579. The van der Waals surface area contributed by atoms with Gasteiger partial charge in [0.1, 0.15) is 11.2 Å². The first-order chi connectivity index (χ1) is 9.17. The summed E-state index contributed by atoms with van der Waals surface area (Å²) in [5.74, 6) is 4.51. The number of nitrogens with one attached hydrogen (secondary N) is 2. The molecule has 8 heteroatoms. The summed E-state index contributed by atoms with van der Waals surface area (Å²) >= 11 is 0. The van der Waals surface area contributed by atoms with Crippen molar-refractivity contribution in [3.63, 3.8) is 0 Å². The minimum Gasteiger partial charge on any atom is -0.347 e. The molecule has 0 saturated carbocycles. The molecule has 1 atom stereocenters. The summed E-state index contributed by atoms with van der Waals surface area (Å²) in [6.45, 7) is 2.07. The highest BCUT2D eigenvalue weighted by atomic mass is 16.6. The van der Waals surface area contributed by atoms with Crippen molar-refractivity contribution in [1.29, 1.82) is 0 Å². The second kappa shape index (κ2) is 5.63. The largest absolute Gasteiger partial charge is 0.347 e. The summed E-state index contributed by atoms with van der Waals surface area (Å²) in [6, 6.07) is -0.250. The first-order valence-corrected chi connectivity index (χ1v) is 5.85. The van der Waals surface area contributed by atoms with Crippen LogP contribution in [0, 0.1) is 0 Å². The fourth-order valence-corrected chi connectivity index (χ4v) is 1.76. The van der Waals surface area contributed by atoms with E-state index in [-0.39, 0.29) is 18.2 Å². The summed E-state index contributed by atoms with van der Waals surface area (Å²) in [5, 5.41) is 6.57. The molecule has 2 heterocycles. The van der Waals surface area contributed by atoms with E-state index in [0.717, 1.165) is 6.20 Å². The molecule has 2 rings (SSSR count). The summed E-state index contributed by atoms with van der Waals surface area (Å²) in [6.07, 6.45) is 4.96. The van der Waals surface area contributed by atoms with Gasteiger partial charge in [-0.3, -0.25) is 9.59 Å². The first kappa shape index (κ1) is 13.2. The number of carbonyl (C=O) groups is 1. The predicted molar refractivity (Wildman–Crippen MR) is 67.5 cm³/mol. The molecule has 0 fully saturated rings. The lowest BCUT2D eigenvalue weighted by molar-refractivity contribution is 0.0835. The van der Waals surface area contributed by atoms with Gasteiger partial charge in [0.15, 0.2) is 0 Å². The zero-order chi connectivity index (χ0) is 13.8. The number of rotatable bonds is 5. The molecule has 1 unspecified atom stereocenters. The maximum Gasteiger partial charge on any atom is 0.259 e. The van der Waals surface area contributed by atoms with Crippen LogP contribution in [0.4, 0.5) is 0 Å². The van der Waals surface area contributed by atoms with Gasteiger partial charge in [0, 0.05) is 12.4 Å². The highest BCUT2D eigenvalue weighted by molar-refractivity contribution is 5.99. The number of nitrogens with zero attached hydrogens (tertiary/aromatic N) is 2. The van der Waals surface area contributed by atoms with Crippen molar-refractivity contribution < 1.29 is 9.63 Å². The van der Waals surface area contributed by atoms with Crippen molar-refractivity contribution in [2.45, 2.75) is 19.4 Å². The van der Waals surface area contributed by atoms with E-state index < -0.39 is 11.3 Å². The second-order valence-corrected chi connectivity index (χ2v) is 4.05. The molecule has 0 saturated heterocycles. The number of nitrogens with two attached hydrogens (primary N) is 1. The highest BCUT2D eigenvalue weighted by Gasteiger charge is 2.19.